The van der Waals surface area contributed by atoms with E-state index in [9.17, 15) is 4.39 Å². The second-order valence-corrected chi connectivity index (χ2v) is 9.67. The van der Waals surface area contributed by atoms with E-state index in [0.717, 1.165) is 17.0 Å². The van der Waals surface area contributed by atoms with Crippen molar-refractivity contribution < 1.29 is 4.39 Å². The van der Waals surface area contributed by atoms with E-state index in [4.69, 9.17) is 5.26 Å². The maximum atomic E-state index is 14.0. The average molecular weight is 456 g/mol. The van der Waals surface area contributed by atoms with E-state index in [1.165, 1.54) is 75.5 Å². The van der Waals surface area contributed by atoms with Gasteiger partial charge in [0.05, 0.1) is 5.56 Å². The Morgan fingerprint density at radius 1 is 0.882 bits per heavy atom. The van der Waals surface area contributed by atoms with Crippen LogP contribution in [0, 0.1) is 23.1 Å². The second-order valence-electron chi connectivity index (χ2n) is 9.67. The zero-order chi connectivity index (χ0) is 24.0. The van der Waals surface area contributed by atoms with Gasteiger partial charge in [0.25, 0.3) is 0 Å². The zero-order valence-electron chi connectivity index (χ0n) is 20.4. The van der Waals surface area contributed by atoms with Crippen LogP contribution in [0.4, 0.5) is 4.39 Å². The molecule has 1 saturated carbocycles. The van der Waals surface area contributed by atoms with Crippen LogP contribution >= 0.6 is 0 Å². The largest absolute Gasteiger partial charge is 0.236 e. The van der Waals surface area contributed by atoms with Crippen molar-refractivity contribution in [2.75, 3.05) is 0 Å². The van der Waals surface area contributed by atoms with Crippen LogP contribution in [0.5, 0.6) is 0 Å². The smallest absolute Gasteiger partial charge is 0.159 e. The molecule has 1 aliphatic rings. The summed E-state index contributed by atoms with van der Waals surface area (Å²) in [7, 11) is 0. The molecular formula is C30H34FN3. The molecule has 0 unspecified atom stereocenters. The van der Waals surface area contributed by atoms with E-state index in [-0.39, 0.29) is 5.56 Å². The van der Waals surface area contributed by atoms with E-state index in [0.29, 0.717) is 16.8 Å². The van der Waals surface area contributed by atoms with Crippen LogP contribution in [0.1, 0.15) is 82.8 Å². The summed E-state index contributed by atoms with van der Waals surface area (Å²) in [6, 6.07) is 15.4. The highest BCUT2D eigenvalue weighted by atomic mass is 19.1. The summed E-state index contributed by atoms with van der Waals surface area (Å²) in [6.45, 7) is 4.64. The van der Waals surface area contributed by atoms with Crippen molar-refractivity contribution in [3.05, 3.63) is 71.8 Å². The van der Waals surface area contributed by atoms with Crippen molar-refractivity contribution >= 4 is 0 Å². The Bertz CT molecular complexity index is 1120. The molecule has 34 heavy (non-hydrogen) atoms. The predicted molar refractivity (Wildman–Crippen MR) is 136 cm³/mol. The lowest BCUT2D eigenvalue weighted by Crippen LogP contribution is -2.37. The van der Waals surface area contributed by atoms with Gasteiger partial charge in [0.1, 0.15) is 11.9 Å². The van der Waals surface area contributed by atoms with Gasteiger partial charge >= 0.3 is 0 Å². The molecule has 0 atom stereocenters. The minimum absolute atomic E-state index is 0.0244. The lowest BCUT2D eigenvalue weighted by Gasteiger charge is -2.45. The molecule has 0 aliphatic heterocycles. The van der Waals surface area contributed by atoms with Gasteiger partial charge in [-0.25, -0.2) is 14.4 Å². The molecule has 0 saturated heterocycles. The van der Waals surface area contributed by atoms with Gasteiger partial charge in [-0.05, 0) is 66.3 Å². The molecule has 0 N–H and O–H groups in total. The fourth-order valence-corrected chi connectivity index (χ4v) is 5.87. The summed E-state index contributed by atoms with van der Waals surface area (Å²) in [6.07, 6.45) is 15.3. The topological polar surface area (TPSA) is 49.6 Å². The number of benzene rings is 2. The van der Waals surface area contributed by atoms with Gasteiger partial charge in [0.2, 0.25) is 0 Å². The van der Waals surface area contributed by atoms with Gasteiger partial charge < -0.3 is 0 Å². The first-order valence-corrected chi connectivity index (χ1v) is 12.7. The molecule has 3 nitrogen and oxygen atoms in total. The summed E-state index contributed by atoms with van der Waals surface area (Å²) in [5.41, 5.74) is 4.43. The number of nitrogens with zero attached hydrogens (tertiary/aromatic N) is 3. The third kappa shape index (κ3) is 4.89. The summed E-state index contributed by atoms with van der Waals surface area (Å²) in [5, 5.41) is 8.92. The lowest BCUT2D eigenvalue weighted by molar-refractivity contribution is 0.168. The van der Waals surface area contributed by atoms with Gasteiger partial charge in [0, 0.05) is 23.5 Å². The van der Waals surface area contributed by atoms with E-state index >= 15 is 0 Å². The van der Waals surface area contributed by atoms with Crippen LogP contribution in [-0.2, 0) is 5.41 Å². The number of aromatic nitrogens is 2. The van der Waals surface area contributed by atoms with E-state index < -0.39 is 5.82 Å². The van der Waals surface area contributed by atoms with Crippen molar-refractivity contribution in [2.24, 2.45) is 5.92 Å². The third-order valence-corrected chi connectivity index (χ3v) is 7.59. The van der Waals surface area contributed by atoms with Gasteiger partial charge in [-0.15, -0.1) is 0 Å². The molecule has 176 valence electrons. The Balaban J connectivity index is 1.59. The predicted octanol–water partition coefficient (Wildman–Crippen LogP) is 8.24. The van der Waals surface area contributed by atoms with Gasteiger partial charge in [-0.2, -0.15) is 5.26 Å². The molecule has 4 rings (SSSR count). The molecule has 4 heteroatoms. The van der Waals surface area contributed by atoms with Crippen LogP contribution < -0.4 is 0 Å². The molecule has 1 fully saturated rings. The first-order chi connectivity index (χ1) is 16.6. The fraction of sp³-hybridized carbons (Fsp3) is 0.433. The highest BCUT2D eigenvalue weighted by Crippen LogP contribution is 2.48. The summed E-state index contributed by atoms with van der Waals surface area (Å²) < 4.78 is 14.0. The maximum absolute atomic E-state index is 14.0. The average Bonchev–Trinajstić information content (AvgIpc) is 2.89. The van der Waals surface area contributed by atoms with Crippen LogP contribution in [-0.4, -0.2) is 9.97 Å². The van der Waals surface area contributed by atoms with Gasteiger partial charge in [-0.3, -0.25) is 0 Å². The van der Waals surface area contributed by atoms with Crippen LogP contribution in [0.3, 0.4) is 0 Å². The number of halogens is 1. The van der Waals surface area contributed by atoms with Crippen molar-refractivity contribution in [3.8, 4) is 28.6 Å². The third-order valence-electron chi connectivity index (χ3n) is 7.59. The molecular weight excluding hydrogens is 421 g/mol. The minimum atomic E-state index is -0.552. The summed E-state index contributed by atoms with van der Waals surface area (Å²) in [4.78, 5) is 8.93. The van der Waals surface area contributed by atoms with Crippen molar-refractivity contribution in [2.45, 2.75) is 77.0 Å². The maximum Gasteiger partial charge on any atom is 0.159 e. The molecule has 1 aliphatic carbocycles. The number of hydrogen-bond donors (Lipinski definition) is 0. The molecule has 0 bridgehead atoms. The Kier molecular flexibility index (Phi) is 7.73. The van der Waals surface area contributed by atoms with E-state index in [2.05, 4.69) is 48.1 Å². The van der Waals surface area contributed by atoms with Crippen molar-refractivity contribution in [1.29, 1.82) is 5.26 Å². The standard InChI is InChI=1S/C30H34FN3/c1-3-8-26(9-4-2)30(16-6-5-7-17-30)27-14-12-22(13-15-27)25-20-33-29(34-21-25)23-10-11-24(19-32)28(31)18-23/h10-15,18,20-21,26H,3-9,16-17H2,1-2H3. The minimum Gasteiger partial charge on any atom is -0.236 e. The molecule has 2 aromatic carbocycles. The zero-order valence-corrected chi connectivity index (χ0v) is 20.4. The van der Waals surface area contributed by atoms with Crippen molar-refractivity contribution in [3.63, 3.8) is 0 Å². The van der Waals surface area contributed by atoms with Crippen LogP contribution in [0.25, 0.3) is 22.5 Å². The molecule has 1 heterocycles. The Morgan fingerprint density at radius 3 is 2.06 bits per heavy atom. The second kappa shape index (κ2) is 10.9. The number of nitriles is 1. The summed E-state index contributed by atoms with van der Waals surface area (Å²) >= 11 is 0. The Labute approximate surface area is 203 Å². The highest BCUT2D eigenvalue weighted by molar-refractivity contribution is 5.64. The normalized spacial score (nSPS) is 15.3. The molecule has 0 spiro atoms. The molecule has 0 amide bonds. The first kappa shape index (κ1) is 24.1. The molecule has 1 aromatic heterocycles. The Hall–Kier alpha value is -3.06. The van der Waals surface area contributed by atoms with E-state index in [1.807, 2.05) is 6.07 Å². The van der Waals surface area contributed by atoms with E-state index in [1.54, 1.807) is 18.5 Å². The van der Waals surface area contributed by atoms with Crippen molar-refractivity contribution in [1.82, 2.24) is 9.97 Å². The lowest BCUT2D eigenvalue weighted by atomic mass is 9.60. The fourth-order valence-electron chi connectivity index (χ4n) is 5.87. The van der Waals surface area contributed by atoms with Crippen LogP contribution in [0.2, 0.25) is 0 Å². The van der Waals surface area contributed by atoms with Gasteiger partial charge in [0.15, 0.2) is 5.82 Å². The van der Waals surface area contributed by atoms with Gasteiger partial charge in [-0.1, -0.05) is 70.2 Å². The first-order valence-electron chi connectivity index (χ1n) is 12.7. The molecule has 3 aromatic rings. The Morgan fingerprint density at radius 2 is 1.50 bits per heavy atom. The quantitative estimate of drug-likeness (QED) is 0.344. The summed E-state index contributed by atoms with van der Waals surface area (Å²) in [5.74, 6) is 0.653. The SMILES string of the molecule is CCCC(CCC)C1(c2ccc(-c3cnc(-c4ccc(C#N)c(F)c4)nc3)cc2)CCCCC1. The highest BCUT2D eigenvalue weighted by Gasteiger charge is 2.40. The molecule has 0 radical (unpaired) electrons. The number of hydrogen-bond acceptors (Lipinski definition) is 3. The monoisotopic (exact) mass is 455 g/mol. The van der Waals surface area contributed by atoms with Crippen LogP contribution in [0.15, 0.2) is 54.9 Å². The number of rotatable bonds is 8.